The van der Waals surface area contributed by atoms with Gasteiger partial charge in [0.2, 0.25) is 11.9 Å². The maximum atomic E-state index is 12.7. The number of nitrogens with one attached hydrogen (secondary N) is 2. The van der Waals surface area contributed by atoms with Gasteiger partial charge in [0.25, 0.3) is 0 Å². The van der Waals surface area contributed by atoms with Crippen LogP contribution >= 0.6 is 0 Å². The van der Waals surface area contributed by atoms with Gasteiger partial charge in [0.05, 0.1) is 17.3 Å². The average molecular weight is 307 g/mol. The van der Waals surface area contributed by atoms with Crippen molar-refractivity contribution < 1.29 is 4.79 Å². The van der Waals surface area contributed by atoms with Crippen LogP contribution in [0.4, 0.5) is 11.6 Å². The zero-order valence-corrected chi connectivity index (χ0v) is 12.8. The van der Waals surface area contributed by atoms with E-state index in [4.69, 9.17) is 0 Å². The van der Waals surface area contributed by atoms with E-state index in [9.17, 15) is 4.79 Å². The molecule has 2 aromatic heterocycles. The van der Waals surface area contributed by atoms with Crippen molar-refractivity contribution in [2.24, 2.45) is 0 Å². The summed E-state index contributed by atoms with van der Waals surface area (Å²) in [6, 6.07) is 13.7. The van der Waals surface area contributed by atoms with Crippen LogP contribution in [0.3, 0.4) is 0 Å². The Balaban J connectivity index is 1.59. The number of amides is 1. The Bertz CT molecular complexity index is 867. The van der Waals surface area contributed by atoms with Gasteiger partial charge in [0.1, 0.15) is 0 Å². The quantitative estimate of drug-likeness (QED) is 0.776. The Kier molecular flexibility index (Phi) is 3.04. The van der Waals surface area contributed by atoms with E-state index in [1.165, 1.54) is 0 Å². The summed E-state index contributed by atoms with van der Waals surface area (Å²) in [6.07, 6.45) is 3.56. The number of carbonyl (C=O) groups excluding carboxylic acids is 1. The number of hydrogen-bond acceptors (Lipinski definition) is 4. The van der Waals surface area contributed by atoms with Gasteiger partial charge in [-0.1, -0.05) is 30.3 Å². The summed E-state index contributed by atoms with van der Waals surface area (Å²) in [4.78, 5) is 17.0. The third-order valence-electron chi connectivity index (χ3n) is 4.36. The predicted molar refractivity (Wildman–Crippen MR) is 88.5 cm³/mol. The van der Waals surface area contributed by atoms with Crippen LogP contribution < -0.4 is 10.6 Å². The molecule has 1 aliphatic rings. The number of hydrogen-bond donors (Lipinski definition) is 2. The van der Waals surface area contributed by atoms with Gasteiger partial charge in [-0.15, -0.1) is 5.10 Å². The normalized spacial score (nSPS) is 15.3. The zero-order valence-electron chi connectivity index (χ0n) is 12.8. The molecule has 1 fully saturated rings. The summed E-state index contributed by atoms with van der Waals surface area (Å²) in [5, 5.41) is 10.2. The topological polar surface area (TPSA) is 71.3 Å². The molecule has 4 rings (SSSR count). The number of carbonyl (C=O) groups is 1. The van der Waals surface area contributed by atoms with Crippen molar-refractivity contribution in [3.8, 4) is 0 Å². The largest absolute Gasteiger partial charge is 0.387 e. The summed E-state index contributed by atoms with van der Waals surface area (Å²) in [5.74, 6) is 0.305. The lowest BCUT2D eigenvalue weighted by Gasteiger charge is -2.13. The van der Waals surface area contributed by atoms with Crippen molar-refractivity contribution in [1.82, 2.24) is 14.6 Å². The second-order valence-corrected chi connectivity index (χ2v) is 5.81. The number of anilines is 2. The van der Waals surface area contributed by atoms with E-state index >= 15 is 0 Å². The van der Waals surface area contributed by atoms with Crippen LogP contribution in [0.25, 0.3) is 5.65 Å². The highest BCUT2D eigenvalue weighted by Gasteiger charge is 2.51. The Morgan fingerprint density at radius 3 is 2.65 bits per heavy atom. The predicted octanol–water partition coefficient (Wildman–Crippen LogP) is 2.44. The molecule has 0 radical (unpaired) electrons. The van der Waals surface area contributed by atoms with Gasteiger partial charge < -0.3 is 5.32 Å². The highest BCUT2D eigenvalue weighted by molar-refractivity contribution is 6.00. The zero-order chi connectivity index (χ0) is 15.9. The Morgan fingerprint density at radius 1 is 1.17 bits per heavy atom. The van der Waals surface area contributed by atoms with Crippen LogP contribution in [0.5, 0.6) is 0 Å². The molecular formula is C17H17N5O. The molecule has 2 N–H and O–H groups in total. The van der Waals surface area contributed by atoms with Crippen LogP contribution in [0, 0.1) is 0 Å². The van der Waals surface area contributed by atoms with Crippen molar-refractivity contribution in [2.75, 3.05) is 17.7 Å². The van der Waals surface area contributed by atoms with Gasteiger partial charge in [-0.2, -0.15) is 4.98 Å². The SMILES string of the molecule is CNc1ccc2nc(NC(=O)C3(c4ccccc4)CC3)nn2c1. The molecule has 23 heavy (non-hydrogen) atoms. The molecule has 1 aromatic carbocycles. The lowest BCUT2D eigenvalue weighted by molar-refractivity contribution is -0.118. The maximum Gasteiger partial charge on any atom is 0.249 e. The number of benzene rings is 1. The molecule has 0 saturated heterocycles. The van der Waals surface area contributed by atoms with Crippen LogP contribution in [-0.2, 0) is 10.2 Å². The van der Waals surface area contributed by atoms with E-state index in [1.807, 2.05) is 55.7 Å². The number of pyridine rings is 1. The summed E-state index contributed by atoms with van der Waals surface area (Å²) < 4.78 is 1.66. The molecule has 1 amide bonds. The van der Waals surface area contributed by atoms with E-state index in [1.54, 1.807) is 4.52 Å². The van der Waals surface area contributed by atoms with Gasteiger partial charge in [0, 0.05) is 7.05 Å². The van der Waals surface area contributed by atoms with Crippen molar-refractivity contribution >= 4 is 23.2 Å². The molecule has 6 nitrogen and oxygen atoms in total. The summed E-state index contributed by atoms with van der Waals surface area (Å²) in [5.41, 5.74) is 2.26. The Labute approximate surface area is 133 Å². The smallest absolute Gasteiger partial charge is 0.249 e. The molecule has 0 atom stereocenters. The molecule has 116 valence electrons. The summed E-state index contributed by atoms with van der Waals surface area (Å²) in [6.45, 7) is 0. The Hall–Kier alpha value is -2.89. The number of nitrogens with zero attached hydrogens (tertiary/aromatic N) is 3. The van der Waals surface area contributed by atoms with E-state index in [2.05, 4.69) is 20.7 Å². The van der Waals surface area contributed by atoms with Gasteiger partial charge in [-0.25, -0.2) is 4.52 Å². The third-order valence-corrected chi connectivity index (χ3v) is 4.36. The minimum atomic E-state index is -0.422. The molecule has 1 saturated carbocycles. The molecule has 6 heteroatoms. The molecule has 2 heterocycles. The van der Waals surface area contributed by atoms with Crippen LogP contribution in [0.15, 0.2) is 48.7 Å². The highest BCUT2D eigenvalue weighted by atomic mass is 16.2. The molecule has 3 aromatic rings. The summed E-state index contributed by atoms with van der Waals surface area (Å²) >= 11 is 0. The first kappa shape index (κ1) is 13.8. The van der Waals surface area contributed by atoms with E-state index < -0.39 is 5.41 Å². The molecular weight excluding hydrogens is 290 g/mol. The number of fused-ring (bicyclic) bond motifs is 1. The van der Waals surface area contributed by atoms with Gasteiger partial charge in [-0.3, -0.25) is 10.1 Å². The van der Waals surface area contributed by atoms with Crippen molar-refractivity contribution in [3.05, 3.63) is 54.2 Å². The van der Waals surface area contributed by atoms with Crippen LogP contribution in [0.2, 0.25) is 0 Å². The van der Waals surface area contributed by atoms with E-state index in [0.29, 0.717) is 11.6 Å². The second-order valence-electron chi connectivity index (χ2n) is 5.81. The fourth-order valence-corrected chi connectivity index (χ4v) is 2.83. The monoisotopic (exact) mass is 307 g/mol. The number of rotatable bonds is 4. The average Bonchev–Trinajstić information content (AvgIpc) is 3.31. The third kappa shape index (κ3) is 2.32. The summed E-state index contributed by atoms with van der Waals surface area (Å²) in [7, 11) is 1.84. The first-order valence-electron chi connectivity index (χ1n) is 7.62. The second kappa shape index (κ2) is 5.08. The minimum Gasteiger partial charge on any atom is -0.387 e. The molecule has 0 aliphatic heterocycles. The van der Waals surface area contributed by atoms with Crippen LogP contribution in [0.1, 0.15) is 18.4 Å². The standard InChI is InChI=1S/C17H17N5O/c1-18-13-7-8-14-19-16(21-22(14)11-13)20-15(23)17(9-10-17)12-5-3-2-4-6-12/h2-8,11,18H,9-10H2,1H3,(H,20,21,23). The van der Waals surface area contributed by atoms with Crippen molar-refractivity contribution in [3.63, 3.8) is 0 Å². The highest BCUT2D eigenvalue weighted by Crippen LogP contribution is 2.48. The maximum absolute atomic E-state index is 12.7. The van der Waals surface area contributed by atoms with Crippen LogP contribution in [-0.4, -0.2) is 27.6 Å². The van der Waals surface area contributed by atoms with Crippen molar-refractivity contribution in [1.29, 1.82) is 0 Å². The van der Waals surface area contributed by atoms with Gasteiger partial charge in [0.15, 0.2) is 5.65 Å². The lowest BCUT2D eigenvalue weighted by Crippen LogP contribution is -2.28. The number of aromatic nitrogens is 3. The molecule has 1 aliphatic carbocycles. The van der Waals surface area contributed by atoms with Gasteiger partial charge >= 0.3 is 0 Å². The molecule has 0 unspecified atom stereocenters. The first-order valence-corrected chi connectivity index (χ1v) is 7.62. The molecule has 0 spiro atoms. The van der Waals surface area contributed by atoms with Crippen molar-refractivity contribution in [2.45, 2.75) is 18.3 Å². The first-order chi connectivity index (χ1) is 11.2. The molecule has 0 bridgehead atoms. The Morgan fingerprint density at radius 2 is 1.96 bits per heavy atom. The minimum absolute atomic E-state index is 0.0338. The lowest BCUT2D eigenvalue weighted by atomic mass is 9.95. The van der Waals surface area contributed by atoms with Gasteiger partial charge in [-0.05, 0) is 30.5 Å². The fraction of sp³-hybridized carbons (Fsp3) is 0.235. The van der Waals surface area contributed by atoms with E-state index in [-0.39, 0.29) is 5.91 Å². The van der Waals surface area contributed by atoms with E-state index in [0.717, 1.165) is 24.1 Å². The fourth-order valence-electron chi connectivity index (χ4n) is 2.83.